The Kier molecular flexibility index (Phi) is 8.33. The number of carbonyl (C=O) groups is 1. The third-order valence-corrected chi connectivity index (χ3v) is 9.01. The lowest BCUT2D eigenvalue weighted by atomic mass is 10.2. The van der Waals surface area contributed by atoms with E-state index in [0.717, 1.165) is 26.8 Å². The Morgan fingerprint density at radius 2 is 1.80 bits per heavy atom. The Balaban J connectivity index is 1.81. The molecule has 3 rings (SSSR count). The van der Waals surface area contributed by atoms with Crippen LogP contribution in [0.4, 0.5) is 5.82 Å². The molecule has 0 radical (unpaired) electrons. The zero-order valence-electron chi connectivity index (χ0n) is 20.8. The van der Waals surface area contributed by atoms with Gasteiger partial charge in [0, 0.05) is 17.0 Å². The smallest absolute Gasteiger partial charge is 0.354 e. The standard InChI is InChI=1S/C24H31N3O5S3/c1-15-10-12-18(13-11-15)35(30,31)26-21-20-22(34-17(3)16(2)27(20)23(29)25-21)33-14-8-7-9-19(28)32-24(4,5)6/h10-13H,7-9,14H2,1-6H3,(H,25,26,29). The van der Waals surface area contributed by atoms with Gasteiger partial charge in [0.25, 0.3) is 10.0 Å². The van der Waals surface area contributed by atoms with Gasteiger partial charge in [-0.15, -0.1) is 23.1 Å². The van der Waals surface area contributed by atoms with Crippen LogP contribution in [0, 0.1) is 20.8 Å². The van der Waals surface area contributed by atoms with Crippen LogP contribution in [0.2, 0.25) is 0 Å². The summed E-state index contributed by atoms with van der Waals surface area (Å²) in [6.07, 6.45) is 1.77. The normalized spacial score (nSPS) is 12.2. The van der Waals surface area contributed by atoms with Crippen molar-refractivity contribution in [2.45, 2.75) is 75.5 Å². The van der Waals surface area contributed by atoms with Gasteiger partial charge in [-0.25, -0.2) is 13.2 Å². The van der Waals surface area contributed by atoms with Crippen LogP contribution in [-0.2, 0) is 19.6 Å². The number of nitrogens with zero attached hydrogens (tertiary/aromatic N) is 2. The topological polar surface area (TPSA) is 107 Å². The molecule has 1 aromatic carbocycles. The lowest BCUT2D eigenvalue weighted by Crippen LogP contribution is -2.23. The molecule has 11 heteroatoms. The van der Waals surface area contributed by atoms with E-state index in [2.05, 4.69) is 9.71 Å². The molecule has 0 unspecified atom stereocenters. The molecule has 0 fully saturated rings. The first kappa shape index (κ1) is 27.2. The molecule has 35 heavy (non-hydrogen) atoms. The minimum Gasteiger partial charge on any atom is -0.460 e. The van der Waals surface area contributed by atoms with Gasteiger partial charge in [-0.2, -0.15) is 4.98 Å². The van der Waals surface area contributed by atoms with Gasteiger partial charge in [-0.05, 0) is 72.3 Å². The first-order chi connectivity index (χ1) is 16.3. The number of aryl methyl sites for hydroxylation is 2. The van der Waals surface area contributed by atoms with Crippen LogP contribution in [0.25, 0.3) is 5.69 Å². The molecule has 190 valence electrons. The fourth-order valence-electron chi connectivity index (χ4n) is 3.32. The van der Waals surface area contributed by atoms with E-state index >= 15 is 0 Å². The molecule has 0 amide bonds. The van der Waals surface area contributed by atoms with Crippen LogP contribution in [0.1, 0.15) is 56.2 Å². The average molecular weight is 538 g/mol. The number of carbonyl (C=O) groups excluding carboxylic acids is 1. The van der Waals surface area contributed by atoms with Crippen LogP contribution >= 0.6 is 23.1 Å². The number of ether oxygens (including phenoxy) is 1. The maximum atomic E-state index is 13.0. The van der Waals surface area contributed by atoms with Crippen molar-refractivity contribution >= 4 is 44.9 Å². The van der Waals surface area contributed by atoms with E-state index in [1.165, 1.54) is 39.8 Å². The van der Waals surface area contributed by atoms with Crippen molar-refractivity contribution in [1.82, 2.24) is 9.55 Å². The van der Waals surface area contributed by atoms with Crippen molar-refractivity contribution in [2.24, 2.45) is 0 Å². The average Bonchev–Trinajstić information content (AvgIpc) is 3.05. The van der Waals surface area contributed by atoms with Gasteiger partial charge in [0.1, 0.15) is 11.3 Å². The molecule has 0 saturated heterocycles. The van der Waals surface area contributed by atoms with Gasteiger partial charge in [0.05, 0.1) is 9.10 Å². The van der Waals surface area contributed by atoms with Crippen molar-refractivity contribution in [3.63, 3.8) is 0 Å². The molecule has 0 saturated carbocycles. The zero-order valence-corrected chi connectivity index (χ0v) is 23.2. The number of nitrogens with one attached hydrogen (secondary N) is 1. The number of fused-ring (bicyclic) bond motifs is 1. The second-order valence-corrected chi connectivity index (χ2v) is 13.5. The van der Waals surface area contributed by atoms with Gasteiger partial charge in [0.15, 0.2) is 5.82 Å². The molecule has 0 aliphatic carbocycles. The molecule has 0 atom stereocenters. The van der Waals surface area contributed by atoms with E-state index in [1.807, 2.05) is 41.5 Å². The second-order valence-electron chi connectivity index (χ2n) is 9.27. The van der Waals surface area contributed by atoms with E-state index in [-0.39, 0.29) is 16.7 Å². The van der Waals surface area contributed by atoms with Gasteiger partial charge in [-0.1, -0.05) is 17.7 Å². The van der Waals surface area contributed by atoms with Gasteiger partial charge >= 0.3 is 11.7 Å². The Morgan fingerprint density at radius 3 is 2.43 bits per heavy atom. The van der Waals surface area contributed by atoms with Crippen LogP contribution in [0.5, 0.6) is 0 Å². The van der Waals surface area contributed by atoms with Crippen molar-refractivity contribution in [2.75, 3.05) is 10.5 Å². The highest BCUT2D eigenvalue weighted by Crippen LogP contribution is 2.38. The molecule has 1 N–H and O–H groups in total. The number of hydrogen-bond donors (Lipinski definition) is 1. The molecular formula is C24H31N3O5S3. The number of imidazole rings is 1. The van der Waals surface area contributed by atoms with Gasteiger partial charge in [-0.3, -0.25) is 14.1 Å². The minimum absolute atomic E-state index is 0.0196. The molecule has 0 aromatic heterocycles. The SMILES string of the molecule is Cc1ccc(S(=O)(=O)Nc2nc(=O)n3c(C)c(C)sc(SCCCCC(=O)OC(C)(C)C)c2-3)cc1. The fraction of sp³-hybridized carbons (Fsp3) is 0.458. The molecule has 8 nitrogen and oxygen atoms in total. The van der Waals surface area contributed by atoms with E-state index in [9.17, 15) is 18.0 Å². The number of esters is 1. The number of anilines is 1. The highest BCUT2D eigenvalue weighted by molar-refractivity contribution is 8.01. The number of sulfonamides is 1. The number of rotatable bonds is 9. The predicted octanol–water partition coefficient (Wildman–Crippen LogP) is 5.06. The van der Waals surface area contributed by atoms with Crippen molar-refractivity contribution in [3.8, 4) is 5.69 Å². The largest absolute Gasteiger partial charge is 0.460 e. The predicted molar refractivity (Wildman–Crippen MR) is 141 cm³/mol. The summed E-state index contributed by atoms with van der Waals surface area (Å²) in [6, 6.07) is 6.47. The van der Waals surface area contributed by atoms with E-state index in [0.29, 0.717) is 24.3 Å². The summed E-state index contributed by atoms with van der Waals surface area (Å²) in [5.41, 5.74) is 1.09. The van der Waals surface area contributed by atoms with Crippen LogP contribution in [-0.4, -0.2) is 35.3 Å². The lowest BCUT2D eigenvalue weighted by Gasteiger charge is -2.19. The third kappa shape index (κ3) is 6.86. The monoisotopic (exact) mass is 537 g/mol. The van der Waals surface area contributed by atoms with E-state index in [1.54, 1.807) is 12.1 Å². The molecule has 2 aliphatic rings. The Hall–Kier alpha value is -2.37. The number of unbranched alkanes of at least 4 members (excludes halogenated alkanes) is 1. The number of hydrogen-bond acceptors (Lipinski definition) is 8. The molecule has 2 aliphatic heterocycles. The summed E-state index contributed by atoms with van der Waals surface area (Å²) in [7, 11) is -3.92. The number of thioether (sulfide) groups is 1. The fourth-order valence-corrected chi connectivity index (χ4v) is 6.85. The maximum absolute atomic E-state index is 13.0. The second kappa shape index (κ2) is 10.7. The van der Waals surface area contributed by atoms with Gasteiger partial charge in [0.2, 0.25) is 0 Å². The quantitative estimate of drug-likeness (QED) is 0.231. The maximum Gasteiger partial charge on any atom is 0.354 e. The Morgan fingerprint density at radius 1 is 1.14 bits per heavy atom. The van der Waals surface area contributed by atoms with Crippen LogP contribution < -0.4 is 10.4 Å². The highest BCUT2D eigenvalue weighted by Gasteiger charge is 2.27. The summed E-state index contributed by atoms with van der Waals surface area (Å²) >= 11 is 3.01. The van der Waals surface area contributed by atoms with Crippen molar-refractivity contribution in [3.05, 3.63) is 50.9 Å². The van der Waals surface area contributed by atoms with Crippen LogP contribution in [0.15, 0.2) is 38.2 Å². The number of aromatic nitrogens is 2. The van der Waals surface area contributed by atoms with Crippen molar-refractivity contribution < 1.29 is 17.9 Å². The molecule has 0 spiro atoms. The first-order valence-corrected chi connectivity index (χ1v) is 14.5. The minimum atomic E-state index is -3.92. The van der Waals surface area contributed by atoms with Crippen molar-refractivity contribution in [1.29, 1.82) is 0 Å². The molecule has 0 bridgehead atoms. The lowest BCUT2D eigenvalue weighted by molar-refractivity contribution is -0.154. The highest BCUT2D eigenvalue weighted by atomic mass is 32.2. The zero-order chi connectivity index (χ0) is 26.0. The summed E-state index contributed by atoms with van der Waals surface area (Å²) < 4.78 is 36.1. The van der Waals surface area contributed by atoms with E-state index in [4.69, 9.17) is 4.74 Å². The Labute approximate surface area is 214 Å². The number of benzene rings is 1. The Bertz CT molecular complexity index is 1340. The first-order valence-electron chi connectivity index (χ1n) is 11.3. The summed E-state index contributed by atoms with van der Waals surface area (Å²) in [5.74, 6) is 0.491. The molecular weight excluding hydrogens is 506 g/mol. The molecule has 1 aromatic rings. The van der Waals surface area contributed by atoms with E-state index < -0.39 is 21.3 Å². The summed E-state index contributed by atoms with van der Waals surface area (Å²) in [4.78, 5) is 29.7. The summed E-state index contributed by atoms with van der Waals surface area (Å²) in [6.45, 7) is 11.1. The summed E-state index contributed by atoms with van der Waals surface area (Å²) in [5, 5.41) is 0. The third-order valence-electron chi connectivity index (χ3n) is 5.12. The molecule has 2 heterocycles. The van der Waals surface area contributed by atoms with Crippen LogP contribution in [0.3, 0.4) is 0 Å². The van der Waals surface area contributed by atoms with Gasteiger partial charge < -0.3 is 4.74 Å².